The van der Waals surface area contributed by atoms with Crippen molar-refractivity contribution in [3.8, 4) is 0 Å². The normalized spacial score (nSPS) is 12.6. The fraction of sp³-hybridized carbons (Fsp3) is 0.435. The molecule has 3 rings (SSSR count). The monoisotopic (exact) mass is 412 g/mol. The lowest BCUT2D eigenvalue weighted by molar-refractivity contribution is -0.309. The molecule has 2 aromatic heterocycles. The number of benzene rings is 1. The van der Waals surface area contributed by atoms with Gasteiger partial charge in [-0.1, -0.05) is 13.8 Å². The molecular weight excluding hydrogens is 386 g/mol. The molecule has 3 aromatic rings. The molecule has 7 heteroatoms. The average Bonchev–Trinajstić information content (AvgIpc) is 2.95. The van der Waals surface area contributed by atoms with Crippen molar-refractivity contribution in [2.24, 2.45) is 5.92 Å². The number of fused-ring (bicyclic) bond motifs is 2. The number of carboxylic acid groups (broad SMARTS) is 1. The van der Waals surface area contributed by atoms with Gasteiger partial charge < -0.3 is 24.1 Å². The molecule has 0 aliphatic heterocycles. The van der Waals surface area contributed by atoms with E-state index in [1.807, 2.05) is 33.8 Å². The number of hydrogen-bond donors (Lipinski definition) is 1. The summed E-state index contributed by atoms with van der Waals surface area (Å²) in [6.07, 6.45) is 0.118. The smallest absolute Gasteiger partial charge is 0.339 e. The van der Waals surface area contributed by atoms with Crippen molar-refractivity contribution >= 4 is 33.8 Å². The summed E-state index contributed by atoms with van der Waals surface area (Å²) in [6.45, 7) is 10.9. The number of carbonyl (C=O) groups is 2. The van der Waals surface area contributed by atoms with Crippen LogP contribution < -0.4 is 16.0 Å². The summed E-state index contributed by atoms with van der Waals surface area (Å²) in [6, 6.07) is 0.880. The second kappa shape index (κ2) is 7.97. The second-order valence-corrected chi connectivity index (χ2v) is 8.14. The predicted octanol–water partition coefficient (Wildman–Crippen LogP) is 2.60. The lowest BCUT2D eigenvalue weighted by atomic mass is 9.98. The lowest BCUT2D eigenvalue weighted by Gasteiger charge is -2.23. The number of hydrogen-bond acceptors (Lipinski definition) is 6. The zero-order valence-electron chi connectivity index (χ0n) is 18.1. The minimum Gasteiger partial charge on any atom is -0.548 e. The molecule has 1 aromatic carbocycles. The molecule has 0 bridgehead atoms. The molecule has 0 saturated heterocycles. The third kappa shape index (κ3) is 3.72. The number of rotatable bonds is 6. The highest BCUT2D eigenvalue weighted by molar-refractivity contribution is 6.00. The minimum atomic E-state index is -1.33. The standard InChI is InChI=1S/C23H27NO6/c1-10(2)19(22(26)27)24-18(25)8-7-15-12(4)17-9-16-11(3)14(6)29-20(16)13(5)21(17)30-23(15)28/h9-10,19H,7-8H2,1-6H3,(H,24,25)(H,26,27)/p-1/t19-/m0/s1. The van der Waals surface area contributed by atoms with E-state index in [-0.39, 0.29) is 18.8 Å². The Kier molecular flexibility index (Phi) is 5.74. The van der Waals surface area contributed by atoms with Crippen LogP contribution in [0.3, 0.4) is 0 Å². The van der Waals surface area contributed by atoms with Crippen molar-refractivity contribution in [2.45, 2.75) is 60.4 Å². The summed E-state index contributed by atoms with van der Waals surface area (Å²) in [4.78, 5) is 36.1. The Balaban J connectivity index is 1.96. The highest BCUT2D eigenvalue weighted by Gasteiger charge is 2.21. The third-order valence-electron chi connectivity index (χ3n) is 5.78. The summed E-state index contributed by atoms with van der Waals surface area (Å²) < 4.78 is 11.4. The molecule has 0 aliphatic rings. The Labute approximate surface area is 174 Å². The van der Waals surface area contributed by atoms with Crippen LogP contribution in [-0.2, 0) is 16.0 Å². The summed E-state index contributed by atoms with van der Waals surface area (Å²) in [7, 11) is 0. The Morgan fingerprint density at radius 1 is 1.00 bits per heavy atom. The molecule has 1 atom stereocenters. The van der Waals surface area contributed by atoms with Crippen molar-refractivity contribution in [1.82, 2.24) is 5.32 Å². The number of aliphatic carboxylic acids is 1. The number of carbonyl (C=O) groups excluding carboxylic acids is 2. The molecule has 1 N–H and O–H groups in total. The summed E-state index contributed by atoms with van der Waals surface area (Å²) in [5, 5.41) is 15.4. The lowest BCUT2D eigenvalue weighted by Crippen LogP contribution is -2.50. The van der Waals surface area contributed by atoms with E-state index in [1.165, 1.54) is 0 Å². The van der Waals surface area contributed by atoms with Crippen molar-refractivity contribution in [3.63, 3.8) is 0 Å². The van der Waals surface area contributed by atoms with E-state index in [2.05, 4.69) is 5.32 Å². The van der Waals surface area contributed by atoms with Crippen LogP contribution in [0.5, 0.6) is 0 Å². The fourth-order valence-corrected chi connectivity index (χ4v) is 3.76. The van der Waals surface area contributed by atoms with Crippen LogP contribution in [0.2, 0.25) is 0 Å². The molecule has 7 nitrogen and oxygen atoms in total. The van der Waals surface area contributed by atoms with Crippen molar-refractivity contribution < 1.29 is 23.5 Å². The molecule has 0 unspecified atom stereocenters. The Morgan fingerprint density at radius 2 is 1.60 bits per heavy atom. The van der Waals surface area contributed by atoms with Crippen molar-refractivity contribution in [2.75, 3.05) is 0 Å². The first kappa shape index (κ1) is 21.6. The van der Waals surface area contributed by atoms with Crippen LogP contribution in [0.1, 0.15) is 48.3 Å². The number of nitrogens with one attached hydrogen (secondary N) is 1. The quantitative estimate of drug-likeness (QED) is 0.623. The van der Waals surface area contributed by atoms with Crippen LogP contribution in [0.25, 0.3) is 21.9 Å². The molecule has 160 valence electrons. The van der Waals surface area contributed by atoms with Crippen LogP contribution >= 0.6 is 0 Å². The van der Waals surface area contributed by atoms with Gasteiger partial charge >= 0.3 is 5.63 Å². The molecule has 0 spiro atoms. The molecular formula is C23H26NO6-. The Bertz CT molecular complexity index is 1210. The minimum absolute atomic E-state index is 0.0291. The zero-order chi connectivity index (χ0) is 22.3. The average molecular weight is 412 g/mol. The molecule has 0 aliphatic carbocycles. The van der Waals surface area contributed by atoms with Gasteiger partial charge in [-0.2, -0.15) is 0 Å². The number of furan rings is 1. The van der Waals surface area contributed by atoms with Gasteiger partial charge in [0.05, 0.1) is 12.0 Å². The third-order valence-corrected chi connectivity index (χ3v) is 5.78. The predicted molar refractivity (Wildman–Crippen MR) is 111 cm³/mol. The Hall–Kier alpha value is -3.09. The van der Waals surface area contributed by atoms with Gasteiger partial charge in [0.15, 0.2) is 0 Å². The maximum absolute atomic E-state index is 12.6. The van der Waals surface area contributed by atoms with E-state index >= 15 is 0 Å². The van der Waals surface area contributed by atoms with Gasteiger partial charge in [-0.3, -0.25) is 4.79 Å². The van der Waals surface area contributed by atoms with E-state index in [0.29, 0.717) is 16.7 Å². The Morgan fingerprint density at radius 3 is 2.20 bits per heavy atom. The van der Waals surface area contributed by atoms with Crippen molar-refractivity contribution in [3.05, 3.63) is 44.5 Å². The highest BCUT2D eigenvalue weighted by atomic mass is 16.4. The number of aryl methyl sites for hydroxylation is 4. The largest absolute Gasteiger partial charge is 0.548 e. The van der Waals surface area contributed by atoms with Gasteiger partial charge in [-0.05, 0) is 57.2 Å². The topological polar surface area (TPSA) is 113 Å². The first-order valence-corrected chi connectivity index (χ1v) is 9.98. The number of carboxylic acids is 1. The first-order valence-electron chi connectivity index (χ1n) is 9.98. The fourth-order valence-electron chi connectivity index (χ4n) is 3.76. The SMILES string of the molecule is Cc1oc2c(C)c3oc(=O)c(CCC(=O)N[C@H](C(=O)[O-])C(C)C)c(C)c3cc2c1C. The van der Waals surface area contributed by atoms with Gasteiger partial charge in [0.1, 0.15) is 16.9 Å². The molecule has 30 heavy (non-hydrogen) atoms. The molecule has 2 heterocycles. The van der Waals surface area contributed by atoms with E-state index in [9.17, 15) is 19.5 Å². The van der Waals surface area contributed by atoms with Crippen LogP contribution in [0, 0.1) is 33.6 Å². The maximum atomic E-state index is 12.6. The maximum Gasteiger partial charge on any atom is 0.339 e. The highest BCUT2D eigenvalue weighted by Crippen LogP contribution is 2.34. The first-order chi connectivity index (χ1) is 14.0. The molecule has 0 radical (unpaired) electrons. The van der Waals surface area contributed by atoms with E-state index < -0.39 is 23.5 Å². The van der Waals surface area contributed by atoms with Crippen LogP contribution in [0.15, 0.2) is 19.7 Å². The van der Waals surface area contributed by atoms with Gasteiger partial charge in [-0.15, -0.1) is 0 Å². The second-order valence-electron chi connectivity index (χ2n) is 8.14. The molecule has 0 saturated carbocycles. The van der Waals surface area contributed by atoms with Crippen molar-refractivity contribution in [1.29, 1.82) is 0 Å². The van der Waals surface area contributed by atoms with Gasteiger partial charge in [-0.25, -0.2) is 4.79 Å². The van der Waals surface area contributed by atoms with Gasteiger partial charge in [0.2, 0.25) is 5.91 Å². The van der Waals surface area contributed by atoms with Gasteiger partial charge in [0, 0.05) is 28.3 Å². The number of amides is 1. The summed E-state index contributed by atoms with van der Waals surface area (Å²) in [5.41, 5.74) is 3.62. The zero-order valence-corrected chi connectivity index (χ0v) is 18.1. The van der Waals surface area contributed by atoms with E-state index in [4.69, 9.17) is 8.83 Å². The van der Waals surface area contributed by atoms with E-state index in [1.54, 1.807) is 13.8 Å². The molecule has 1 amide bonds. The van der Waals surface area contributed by atoms with Gasteiger partial charge in [0.25, 0.3) is 0 Å². The molecule has 0 fully saturated rings. The summed E-state index contributed by atoms with van der Waals surface area (Å²) >= 11 is 0. The van der Waals surface area contributed by atoms with Crippen LogP contribution in [0.4, 0.5) is 0 Å². The van der Waals surface area contributed by atoms with Crippen LogP contribution in [-0.4, -0.2) is 17.9 Å². The summed E-state index contributed by atoms with van der Waals surface area (Å²) in [5.74, 6) is -1.28. The van der Waals surface area contributed by atoms with E-state index in [0.717, 1.165) is 33.2 Å².